The first-order valence-electron chi connectivity index (χ1n) is 8.25. The number of hydrogen-bond acceptors (Lipinski definition) is 1. The van der Waals surface area contributed by atoms with E-state index in [1.54, 1.807) is 0 Å². The Labute approximate surface area is 133 Å². The zero-order valence-corrected chi connectivity index (χ0v) is 13.5. The highest BCUT2D eigenvalue weighted by Gasteiger charge is 2.34. The van der Waals surface area contributed by atoms with Crippen LogP contribution >= 0.6 is 0 Å². The molecule has 0 amide bonds. The summed E-state index contributed by atoms with van der Waals surface area (Å²) in [7, 11) is 0. The number of carbonyl (C=O) groups is 1. The second-order valence-corrected chi connectivity index (χ2v) is 7.17. The predicted molar refractivity (Wildman–Crippen MR) is 91.1 cm³/mol. The van der Waals surface area contributed by atoms with E-state index in [2.05, 4.69) is 26.0 Å². The van der Waals surface area contributed by atoms with Crippen LogP contribution in [0.2, 0.25) is 0 Å². The third-order valence-corrected chi connectivity index (χ3v) is 5.21. The minimum Gasteiger partial charge on any atom is -0.289 e. The molecule has 1 aliphatic rings. The van der Waals surface area contributed by atoms with E-state index in [-0.39, 0.29) is 5.78 Å². The summed E-state index contributed by atoms with van der Waals surface area (Å²) in [5, 5.41) is 0. The highest BCUT2D eigenvalue weighted by molar-refractivity contribution is 6.08. The predicted octanol–water partition coefficient (Wildman–Crippen LogP) is 5.29. The van der Waals surface area contributed by atoms with Crippen LogP contribution in [0.1, 0.15) is 54.6 Å². The molecule has 3 rings (SSSR count). The van der Waals surface area contributed by atoms with E-state index in [0.717, 1.165) is 23.5 Å². The smallest absolute Gasteiger partial charge is 0.193 e. The van der Waals surface area contributed by atoms with E-state index in [1.165, 1.54) is 24.8 Å². The molecule has 1 aliphatic carbocycles. The van der Waals surface area contributed by atoms with Crippen molar-refractivity contribution in [3.8, 4) is 0 Å². The second kappa shape index (κ2) is 6.08. The third-order valence-electron chi connectivity index (χ3n) is 5.21. The molecule has 0 aromatic heterocycles. The van der Waals surface area contributed by atoms with Crippen LogP contribution in [0.4, 0.5) is 0 Å². The van der Waals surface area contributed by atoms with Crippen molar-refractivity contribution in [3.63, 3.8) is 0 Å². The number of rotatable bonds is 4. The van der Waals surface area contributed by atoms with Crippen molar-refractivity contribution in [1.29, 1.82) is 0 Å². The summed E-state index contributed by atoms with van der Waals surface area (Å²) < 4.78 is 0. The fourth-order valence-corrected chi connectivity index (χ4v) is 3.61. The highest BCUT2D eigenvalue weighted by Crippen LogP contribution is 2.44. The SMILES string of the molecule is CC1(C)CCCC1Cc1ccc(C(=O)c2ccccc2)cc1. The van der Waals surface area contributed by atoms with Gasteiger partial charge >= 0.3 is 0 Å². The molecule has 1 fully saturated rings. The van der Waals surface area contributed by atoms with E-state index in [0.29, 0.717) is 5.41 Å². The van der Waals surface area contributed by atoms with Crippen LogP contribution in [0.3, 0.4) is 0 Å². The van der Waals surface area contributed by atoms with Crippen LogP contribution in [-0.2, 0) is 6.42 Å². The standard InChI is InChI=1S/C21H24O/c1-21(2)14-6-9-19(21)15-16-10-12-18(13-11-16)20(22)17-7-4-3-5-8-17/h3-5,7-8,10-13,19H,6,9,14-15H2,1-2H3. The number of benzene rings is 2. The maximum absolute atomic E-state index is 12.4. The first-order valence-corrected chi connectivity index (χ1v) is 8.25. The van der Waals surface area contributed by atoms with Gasteiger partial charge < -0.3 is 0 Å². The van der Waals surface area contributed by atoms with Crippen LogP contribution in [0.25, 0.3) is 0 Å². The van der Waals surface area contributed by atoms with E-state index in [9.17, 15) is 4.79 Å². The minimum absolute atomic E-state index is 0.105. The summed E-state index contributed by atoms with van der Waals surface area (Å²) in [6.45, 7) is 4.77. The topological polar surface area (TPSA) is 17.1 Å². The molecule has 0 spiro atoms. The van der Waals surface area contributed by atoms with E-state index in [1.807, 2.05) is 42.5 Å². The molecule has 1 heteroatoms. The monoisotopic (exact) mass is 292 g/mol. The third kappa shape index (κ3) is 3.14. The molecule has 1 unspecified atom stereocenters. The van der Waals surface area contributed by atoms with Gasteiger partial charge in [-0.2, -0.15) is 0 Å². The molecular formula is C21H24O. The molecule has 1 atom stereocenters. The number of ketones is 1. The molecule has 0 bridgehead atoms. The van der Waals surface area contributed by atoms with Crippen molar-refractivity contribution in [1.82, 2.24) is 0 Å². The molecule has 0 saturated heterocycles. The Morgan fingerprint density at radius 2 is 1.64 bits per heavy atom. The summed E-state index contributed by atoms with van der Waals surface area (Å²) in [6, 6.07) is 17.7. The molecular weight excluding hydrogens is 268 g/mol. The van der Waals surface area contributed by atoms with Gasteiger partial charge in [0.2, 0.25) is 0 Å². The van der Waals surface area contributed by atoms with Crippen LogP contribution in [0.5, 0.6) is 0 Å². The maximum atomic E-state index is 12.4. The van der Waals surface area contributed by atoms with Crippen LogP contribution in [0, 0.1) is 11.3 Å². The van der Waals surface area contributed by atoms with Gasteiger partial charge in [0.15, 0.2) is 5.78 Å². The maximum Gasteiger partial charge on any atom is 0.193 e. The van der Waals surface area contributed by atoms with Gasteiger partial charge in [-0.1, -0.05) is 74.9 Å². The average molecular weight is 292 g/mol. The lowest BCUT2D eigenvalue weighted by atomic mass is 9.78. The van der Waals surface area contributed by atoms with Gasteiger partial charge in [-0.15, -0.1) is 0 Å². The lowest BCUT2D eigenvalue weighted by Gasteiger charge is -2.27. The van der Waals surface area contributed by atoms with Crippen LogP contribution < -0.4 is 0 Å². The van der Waals surface area contributed by atoms with Gasteiger partial charge in [-0.3, -0.25) is 4.79 Å². The van der Waals surface area contributed by atoms with Crippen molar-refractivity contribution in [2.24, 2.45) is 11.3 Å². The molecule has 1 saturated carbocycles. The quantitative estimate of drug-likeness (QED) is 0.700. The first-order chi connectivity index (χ1) is 10.6. The Kier molecular flexibility index (Phi) is 4.15. The van der Waals surface area contributed by atoms with Crippen LogP contribution in [-0.4, -0.2) is 5.78 Å². The Morgan fingerprint density at radius 1 is 1.00 bits per heavy atom. The van der Waals surface area contributed by atoms with E-state index < -0.39 is 0 Å². The number of carbonyl (C=O) groups excluding carboxylic acids is 1. The Hall–Kier alpha value is -1.89. The van der Waals surface area contributed by atoms with Crippen molar-refractivity contribution >= 4 is 5.78 Å². The molecule has 22 heavy (non-hydrogen) atoms. The van der Waals surface area contributed by atoms with Crippen molar-refractivity contribution in [3.05, 3.63) is 71.3 Å². The summed E-state index contributed by atoms with van der Waals surface area (Å²) in [6.07, 6.45) is 5.15. The molecule has 1 nitrogen and oxygen atoms in total. The van der Waals surface area contributed by atoms with Gasteiger partial charge in [-0.05, 0) is 36.2 Å². The summed E-state index contributed by atoms with van der Waals surface area (Å²) in [5.74, 6) is 0.872. The molecule has 0 radical (unpaired) electrons. The van der Waals surface area contributed by atoms with Gasteiger partial charge in [0, 0.05) is 11.1 Å². The normalized spacial score (nSPS) is 20.0. The zero-order valence-electron chi connectivity index (χ0n) is 13.5. The summed E-state index contributed by atoms with van der Waals surface area (Å²) >= 11 is 0. The molecule has 114 valence electrons. The lowest BCUT2D eigenvalue weighted by molar-refractivity contribution is 0.103. The summed E-state index contributed by atoms with van der Waals surface area (Å²) in [5.41, 5.74) is 3.34. The van der Waals surface area contributed by atoms with Crippen LogP contribution in [0.15, 0.2) is 54.6 Å². The molecule has 2 aromatic rings. The lowest BCUT2D eigenvalue weighted by Crippen LogP contribution is -2.19. The number of hydrogen-bond donors (Lipinski definition) is 0. The first kappa shape index (κ1) is 15.0. The second-order valence-electron chi connectivity index (χ2n) is 7.17. The largest absolute Gasteiger partial charge is 0.289 e. The molecule has 0 aliphatic heterocycles. The van der Waals surface area contributed by atoms with Crippen molar-refractivity contribution in [2.45, 2.75) is 39.5 Å². The van der Waals surface area contributed by atoms with Gasteiger partial charge in [-0.25, -0.2) is 0 Å². The molecule has 2 aromatic carbocycles. The Morgan fingerprint density at radius 3 is 2.23 bits per heavy atom. The Bertz CT molecular complexity index is 637. The Balaban J connectivity index is 1.72. The molecule has 0 heterocycles. The highest BCUT2D eigenvalue weighted by atomic mass is 16.1. The van der Waals surface area contributed by atoms with Gasteiger partial charge in [0.1, 0.15) is 0 Å². The summed E-state index contributed by atoms with van der Waals surface area (Å²) in [4.78, 5) is 12.4. The van der Waals surface area contributed by atoms with Crippen molar-refractivity contribution < 1.29 is 4.79 Å². The van der Waals surface area contributed by atoms with Gasteiger partial charge in [0.25, 0.3) is 0 Å². The van der Waals surface area contributed by atoms with E-state index >= 15 is 0 Å². The van der Waals surface area contributed by atoms with E-state index in [4.69, 9.17) is 0 Å². The minimum atomic E-state index is 0.105. The average Bonchev–Trinajstić information content (AvgIpc) is 2.87. The molecule has 0 N–H and O–H groups in total. The zero-order chi connectivity index (χ0) is 15.6. The van der Waals surface area contributed by atoms with Crippen molar-refractivity contribution in [2.75, 3.05) is 0 Å². The fraction of sp³-hybridized carbons (Fsp3) is 0.381. The fourth-order valence-electron chi connectivity index (χ4n) is 3.61. The van der Waals surface area contributed by atoms with Gasteiger partial charge in [0.05, 0.1) is 0 Å².